The van der Waals surface area contributed by atoms with Crippen molar-refractivity contribution in [2.45, 2.75) is 27.7 Å². The van der Waals surface area contributed by atoms with Gasteiger partial charge in [-0.3, -0.25) is 9.59 Å². The third kappa shape index (κ3) is 7.15. The van der Waals surface area contributed by atoms with Gasteiger partial charge in [0.05, 0.1) is 0 Å². The van der Waals surface area contributed by atoms with Crippen molar-refractivity contribution in [1.82, 2.24) is 10.2 Å². The molecular weight excluding hydrogens is 446 g/mol. The number of carbonyl (C=O) groups excluding carboxylic acids is 2. The summed E-state index contributed by atoms with van der Waals surface area (Å²) < 4.78 is 6.68. The van der Waals surface area contributed by atoms with Crippen molar-refractivity contribution < 1.29 is 14.3 Å². The molecule has 0 radical (unpaired) electrons. The van der Waals surface area contributed by atoms with E-state index in [1.165, 1.54) is 0 Å². The number of aryl methyl sites for hydroxylation is 2. The van der Waals surface area contributed by atoms with E-state index in [9.17, 15) is 9.59 Å². The number of anilines is 1. The molecule has 7 heteroatoms. The van der Waals surface area contributed by atoms with Gasteiger partial charge in [-0.1, -0.05) is 29.8 Å². The molecule has 0 heterocycles. The molecule has 0 bridgehead atoms. The minimum atomic E-state index is -0.256. The zero-order chi connectivity index (χ0) is 22.1. The topological polar surface area (TPSA) is 70.7 Å². The largest absolute Gasteiger partial charge is 0.483 e. The highest BCUT2D eigenvalue weighted by Crippen LogP contribution is 2.27. The number of hydrogen-bond acceptors (Lipinski definition) is 4. The zero-order valence-corrected chi connectivity index (χ0v) is 19.6. The van der Waals surface area contributed by atoms with E-state index in [-0.39, 0.29) is 18.4 Å². The smallest absolute Gasteiger partial charge is 0.262 e. The van der Waals surface area contributed by atoms with Gasteiger partial charge in [-0.15, -0.1) is 0 Å². The summed E-state index contributed by atoms with van der Waals surface area (Å²) in [5.74, 6) is 0.336. The van der Waals surface area contributed by atoms with E-state index in [0.717, 1.165) is 35.2 Å². The Balaban J connectivity index is 1.83. The van der Waals surface area contributed by atoms with Crippen molar-refractivity contribution in [3.05, 3.63) is 57.6 Å². The first-order valence-electron chi connectivity index (χ1n) is 10.1. The van der Waals surface area contributed by atoms with E-state index in [0.29, 0.717) is 23.5 Å². The Morgan fingerprint density at radius 1 is 1.03 bits per heavy atom. The number of carbonyl (C=O) groups is 2. The molecule has 30 heavy (non-hydrogen) atoms. The Labute approximate surface area is 187 Å². The molecule has 2 N–H and O–H groups in total. The van der Waals surface area contributed by atoms with E-state index < -0.39 is 0 Å². The molecule has 0 atom stereocenters. The molecule has 0 aliphatic rings. The fourth-order valence-corrected chi connectivity index (χ4v) is 3.82. The second-order valence-corrected chi connectivity index (χ2v) is 7.98. The molecule has 0 saturated heterocycles. The molecule has 0 aromatic heterocycles. The lowest BCUT2D eigenvalue weighted by Crippen LogP contribution is -2.34. The lowest BCUT2D eigenvalue weighted by atomic mass is 10.1. The second kappa shape index (κ2) is 11.7. The molecule has 2 amide bonds. The maximum absolute atomic E-state index is 12.2. The fourth-order valence-electron chi connectivity index (χ4n) is 3.13. The van der Waals surface area contributed by atoms with Crippen LogP contribution in [0.5, 0.6) is 5.75 Å². The summed E-state index contributed by atoms with van der Waals surface area (Å²) in [5.41, 5.74) is 3.11. The van der Waals surface area contributed by atoms with Gasteiger partial charge in [0.1, 0.15) is 5.75 Å². The van der Waals surface area contributed by atoms with Gasteiger partial charge >= 0.3 is 0 Å². The molecule has 0 saturated carbocycles. The molecule has 0 fully saturated rings. The van der Waals surface area contributed by atoms with Gasteiger partial charge in [-0.05, 0) is 74.5 Å². The monoisotopic (exact) mass is 475 g/mol. The van der Waals surface area contributed by atoms with E-state index in [1.54, 1.807) is 24.3 Å². The molecular formula is C23H30BrN3O3. The van der Waals surface area contributed by atoms with Crippen LogP contribution in [0.2, 0.25) is 0 Å². The second-order valence-electron chi connectivity index (χ2n) is 7.07. The average Bonchev–Trinajstić information content (AvgIpc) is 2.70. The highest BCUT2D eigenvalue weighted by atomic mass is 79.9. The van der Waals surface area contributed by atoms with E-state index >= 15 is 0 Å². The van der Waals surface area contributed by atoms with Gasteiger partial charge in [0.2, 0.25) is 0 Å². The first-order chi connectivity index (χ1) is 14.3. The summed E-state index contributed by atoms with van der Waals surface area (Å²) in [5, 5.41) is 5.71. The maximum atomic E-state index is 12.2. The molecule has 0 aliphatic heterocycles. The number of hydrogen-bond donors (Lipinski definition) is 2. The highest BCUT2D eigenvalue weighted by molar-refractivity contribution is 9.10. The van der Waals surface area contributed by atoms with Crippen molar-refractivity contribution in [2.75, 3.05) is 38.1 Å². The van der Waals surface area contributed by atoms with Crippen LogP contribution in [-0.4, -0.2) is 49.5 Å². The average molecular weight is 476 g/mol. The van der Waals surface area contributed by atoms with Gasteiger partial charge in [0.15, 0.2) is 6.61 Å². The van der Waals surface area contributed by atoms with Crippen LogP contribution < -0.4 is 15.4 Å². The number of nitrogens with one attached hydrogen (secondary N) is 2. The summed E-state index contributed by atoms with van der Waals surface area (Å²) in [6.45, 7) is 11.4. The van der Waals surface area contributed by atoms with Crippen LogP contribution in [0.4, 0.5) is 5.69 Å². The zero-order valence-electron chi connectivity index (χ0n) is 18.0. The Morgan fingerprint density at radius 2 is 1.63 bits per heavy atom. The van der Waals surface area contributed by atoms with Crippen LogP contribution >= 0.6 is 15.9 Å². The third-order valence-electron chi connectivity index (χ3n) is 4.81. The van der Waals surface area contributed by atoms with Crippen LogP contribution in [-0.2, 0) is 4.79 Å². The summed E-state index contributed by atoms with van der Waals surface area (Å²) in [7, 11) is 0. The molecule has 162 valence electrons. The summed E-state index contributed by atoms with van der Waals surface area (Å²) >= 11 is 3.45. The summed E-state index contributed by atoms with van der Waals surface area (Å²) in [6.07, 6.45) is 0. The number of halogens is 1. The lowest BCUT2D eigenvalue weighted by Gasteiger charge is -2.18. The molecule has 0 aliphatic carbocycles. The van der Waals surface area contributed by atoms with Gasteiger partial charge in [0.25, 0.3) is 11.8 Å². The van der Waals surface area contributed by atoms with Crippen LogP contribution in [0.3, 0.4) is 0 Å². The standard InChI is InChI=1S/C23H30BrN3O3/c1-5-27(6-2)12-11-25-23(29)18-7-9-20(10-8-18)26-21(28)15-30-22-16(3)13-19(24)14-17(22)4/h7-10,13-14H,5-6,11-12,15H2,1-4H3,(H,25,29)(H,26,28). The number of rotatable bonds is 10. The predicted octanol–water partition coefficient (Wildman–Crippen LogP) is 4.16. The van der Waals surface area contributed by atoms with Gasteiger partial charge in [0, 0.05) is 28.8 Å². The van der Waals surface area contributed by atoms with E-state index in [4.69, 9.17) is 4.74 Å². The van der Waals surface area contributed by atoms with Gasteiger partial charge < -0.3 is 20.3 Å². The number of benzene rings is 2. The number of ether oxygens (including phenoxy) is 1. The molecule has 0 spiro atoms. The first kappa shape index (κ1) is 23.9. The van der Waals surface area contributed by atoms with Crippen molar-refractivity contribution in [1.29, 1.82) is 0 Å². The van der Waals surface area contributed by atoms with Crippen LogP contribution in [0.1, 0.15) is 35.3 Å². The Hall–Kier alpha value is -2.38. The normalized spacial score (nSPS) is 10.7. The highest BCUT2D eigenvalue weighted by Gasteiger charge is 2.10. The number of nitrogens with zero attached hydrogens (tertiary/aromatic N) is 1. The summed E-state index contributed by atoms with van der Waals surface area (Å²) in [6, 6.07) is 10.7. The van der Waals surface area contributed by atoms with Gasteiger partial charge in [-0.2, -0.15) is 0 Å². The predicted molar refractivity (Wildman–Crippen MR) is 124 cm³/mol. The Kier molecular flexibility index (Phi) is 9.33. The van der Waals surface area contributed by atoms with E-state index in [1.807, 2.05) is 26.0 Å². The van der Waals surface area contributed by atoms with Crippen LogP contribution in [0, 0.1) is 13.8 Å². The maximum Gasteiger partial charge on any atom is 0.262 e. The third-order valence-corrected chi connectivity index (χ3v) is 5.27. The van der Waals surface area contributed by atoms with Crippen molar-refractivity contribution in [3.63, 3.8) is 0 Å². The molecule has 2 aromatic carbocycles. The summed E-state index contributed by atoms with van der Waals surface area (Å²) in [4.78, 5) is 26.7. The Morgan fingerprint density at radius 3 is 2.20 bits per heavy atom. The molecule has 6 nitrogen and oxygen atoms in total. The fraction of sp³-hybridized carbons (Fsp3) is 0.391. The van der Waals surface area contributed by atoms with Crippen molar-refractivity contribution in [3.8, 4) is 5.75 Å². The Bertz CT molecular complexity index is 841. The van der Waals surface area contributed by atoms with Crippen LogP contribution in [0.15, 0.2) is 40.9 Å². The first-order valence-corrected chi connectivity index (χ1v) is 10.9. The van der Waals surface area contributed by atoms with Crippen molar-refractivity contribution >= 4 is 33.4 Å². The lowest BCUT2D eigenvalue weighted by molar-refractivity contribution is -0.118. The van der Waals surface area contributed by atoms with Gasteiger partial charge in [-0.25, -0.2) is 0 Å². The number of amides is 2. The van der Waals surface area contributed by atoms with Crippen molar-refractivity contribution in [2.24, 2.45) is 0 Å². The number of likely N-dealkylation sites (N-methyl/N-ethyl adjacent to an activating group) is 1. The molecule has 0 unspecified atom stereocenters. The quantitative estimate of drug-likeness (QED) is 0.541. The minimum absolute atomic E-state index is 0.0864. The minimum Gasteiger partial charge on any atom is -0.483 e. The van der Waals surface area contributed by atoms with E-state index in [2.05, 4.69) is 45.3 Å². The molecule has 2 rings (SSSR count). The van der Waals surface area contributed by atoms with Crippen LogP contribution in [0.25, 0.3) is 0 Å². The SMILES string of the molecule is CCN(CC)CCNC(=O)c1ccc(NC(=O)COc2c(C)cc(Br)cc2C)cc1. The molecule has 2 aromatic rings.